The van der Waals surface area contributed by atoms with Gasteiger partial charge in [-0.3, -0.25) is 4.79 Å². The molecular formula is C22H25F3N2O3. The number of benzene rings is 2. The normalized spacial score (nSPS) is 16.4. The summed E-state index contributed by atoms with van der Waals surface area (Å²) in [7, 11) is 1.37. The van der Waals surface area contributed by atoms with Gasteiger partial charge in [-0.25, -0.2) is 0 Å². The smallest absolute Gasteiger partial charge is 0.422 e. The van der Waals surface area contributed by atoms with Crippen molar-refractivity contribution >= 4 is 11.6 Å². The molecule has 5 nitrogen and oxygen atoms in total. The number of amides is 1. The quantitative estimate of drug-likeness (QED) is 0.690. The summed E-state index contributed by atoms with van der Waals surface area (Å²) in [5.74, 6) is 0.306. The first-order valence-corrected chi connectivity index (χ1v) is 9.80. The molecule has 8 heteroatoms. The Morgan fingerprint density at radius 1 is 1.17 bits per heavy atom. The van der Waals surface area contributed by atoms with E-state index in [1.807, 2.05) is 35.2 Å². The fourth-order valence-electron chi connectivity index (χ4n) is 3.43. The zero-order chi connectivity index (χ0) is 21.6. The van der Waals surface area contributed by atoms with Crippen molar-refractivity contribution in [3.63, 3.8) is 0 Å². The monoisotopic (exact) mass is 422 g/mol. The van der Waals surface area contributed by atoms with Crippen LogP contribution in [0.5, 0.6) is 11.5 Å². The third-order valence-electron chi connectivity index (χ3n) is 4.93. The second-order valence-corrected chi connectivity index (χ2v) is 7.22. The van der Waals surface area contributed by atoms with E-state index in [9.17, 15) is 18.0 Å². The first-order valence-electron chi connectivity index (χ1n) is 9.80. The van der Waals surface area contributed by atoms with E-state index in [1.165, 1.54) is 13.2 Å². The number of aryl methyl sites for hydroxylation is 1. The van der Waals surface area contributed by atoms with Gasteiger partial charge in [-0.2, -0.15) is 13.2 Å². The van der Waals surface area contributed by atoms with Gasteiger partial charge >= 0.3 is 6.18 Å². The van der Waals surface area contributed by atoms with Gasteiger partial charge in [-0.05, 0) is 42.7 Å². The number of likely N-dealkylation sites (tertiary alicyclic amines) is 1. The third kappa shape index (κ3) is 6.30. The lowest BCUT2D eigenvalue weighted by molar-refractivity contribution is -0.153. The van der Waals surface area contributed by atoms with Crippen LogP contribution in [0.1, 0.15) is 18.4 Å². The minimum Gasteiger partial charge on any atom is -0.493 e. The highest BCUT2D eigenvalue weighted by molar-refractivity contribution is 5.77. The predicted octanol–water partition coefficient (Wildman–Crippen LogP) is 4.28. The van der Waals surface area contributed by atoms with Gasteiger partial charge in [0.1, 0.15) is 0 Å². The molecule has 162 valence electrons. The first kappa shape index (κ1) is 21.8. The van der Waals surface area contributed by atoms with Gasteiger partial charge < -0.3 is 19.7 Å². The summed E-state index contributed by atoms with van der Waals surface area (Å²) in [6.07, 6.45) is -2.73. The summed E-state index contributed by atoms with van der Waals surface area (Å²) in [6.45, 7) is -0.0213. The fraction of sp³-hybridized carbons (Fsp3) is 0.409. The van der Waals surface area contributed by atoms with Crippen molar-refractivity contribution in [3.05, 3.63) is 54.1 Å². The Kier molecular flexibility index (Phi) is 7.07. The Balaban J connectivity index is 1.49. The highest BCUT2D eigenvalue weighted by atomic mass is 19.4. The number of rotatable bonds is 8. The minimum absolute atomic E-state index is 0.0271. The molecule has 0 radical (unpaired) electrons. The third-order valence-corrected chi connectivity index (χ3v) is 4.93. The Labute approximate surface area is 173 Å². The highest BCUT2D eigenvalue weighted by Gasteiger charge is 2.29. The molecule has 1 aliphatic rings. The minimum atomic E-state index is -4.42. The lowest BCUT2D eigenvalue weighted by Gasteiger charge is -2.18. The van der Waals surface area contributed by atoms with E-state index >= 15 is 0 Å². The van der Waals surface area contributed by atoms with Crippen LogP contribution in [-0.2, 0) is 11.2 Å². The zero-order valence-electron chi connectivity index (χ0n) is 16.7. The second kappa shape index (κ2) is 9.73. The maximum absolute atomic E-state index is 12.6. The summed E-state index contributed by atoms with van der Waals surface area (Å²) in [5.41, 5.74) is 1.84. The van der Waals surface area contributed by atoms with Crippen LogP contribution in [0.25, 0.3) is 0 Å². The number of hydrogen-bond acceptors (Lipinski definition) is 4. The number of halogens is 3. The number of ether oxygens (including phenoxy) is 2. The molecule has 2 aromatic carbocycles. The lowest BCUT2D eigenvalue weighted by atomic mass is 10.1. The van der Waals surface area contributed by atoms with Crippen LogP contribution in [0, 0.1) is 0 Å². The molecule has 0 aromatic heterocycles. The van der Waals surface area contributed by atoms with Gasteiger partial charge in [-0.1, -0.05) is 24.3 Å². The summed E-state index contributed by atoms with van der Waals surface area (Å²) in [6, 6.07) is 14.8. The Hall–Kier alpha value is -2.90. The van der Waals surface area contributed by atoms with Gasteiger partial charge in [0.25, 0.3) is 0 Å². The van der Waals surface area contributed by atoms with Gasteiger partial charge in [-0.15, -0.1) is 0 Å². The summed E-state index contributed by atoms with van der Waals surface area (Å²) >= 11 is 0. The molecule has 1 aliphatic heterocycles. The van der Waals surface area contributed by atoms with E-state index in [4.69, 9.17) is 9.47 Å². The van der Waals surface area contributed by atoms with Crippen LogP contribution in [-0.4, -0.2) is 49.8 Å². The van der Waals surface area contributed by atoms with E-state index in [1.54, 1.807) is 12.1 Å². The topological polar surface area (TPSA) is 50.8 Å². The Morgan fingerprint density at radius 3 is 2.63 bits per heavy atom. The number of hydrogen-bond donors (Lipinski definition) is 1. The van der Waals surface area contributed by atoms with Crippen LogP contribution < -0.4 is 14.8 Å². The maximum Gasteiger partial charge on any atom is 0.422 e. The number of carbonyl (C=O) groups excluding carboxylic acids is 1. The number of nitrogens with one attached hydrogen (secondary N) is 1. The van der Waals surface area contributed by atoms with Gasteiger partial charge in [0.2, 0.25) is 5.91 Å². The first-order chi connectivity index (χ1) is 14.3. The Morgan fingerprint density at radius 2 is 1.93 bits per heavy atom. The fourth-order valence-corrected chi connectivity index (χ4v) is 3.43. The maximum atomic E-state index is 12.6. The average Bonchev–Trinajstić information content (AvgIpc) is 3.19. The number of anilines is 1. The SMILES string of the molecule is COc1cc(CCC(=O)N2CCC(Nc3ccccc3)C2)ccc1OCC(F)(F)F. The molecule has 0 bridgehead atoms. The number of para-hydroxylation sites is 1. The van der Waals surface area contributed by atoms with E-state index in [2.05, 4.69) is 5.32 Å². The van der Waals surface area contributed by atoms with E-state index < -0.39 is 12.8 Å². The van der Waals surface area contributed by atoms with Crippen LogP contribution in [0.4, 0.5) is 18.9 Å². The average molecular weight is 422 g/mol. The van der Waals surface area contributed by atoms with Crippen LogP contribution in [0.15, 0.2) is 48.5 Å². The van der Waals surface area contributed by atoms with E-state index in [0.717, 1.165) is 17.7 Å². The summed E-state index contributed by atoms with van der Waals surface area (Å²) < 4.78 is 47.0. The van der Waals surface area contributed by atoms with Crippen molar-refractivity contribution in [2.45, 2.75) is 31.5 Å². The van der Waals surface area contributed by atoms with Crippen molar-refractivity contribution in [3.8, 4) is 11.5 Å². The number of methoxy groups -OCH3 is 1. The van der Waals surface area contributed by atoms with Gasteiger partial charge in [0, 0.05) is 31.2 Å². The molecule has 0 spiro atoms. The number of carbonyl (C=O) groups is 1. The van der Waals surface area contributed by atoms with Gasteiger partial charge in [0.15, 0.2) is 18.1 Å². The van der Waals surface area contributed by atoms with Crippen molar-refractivity contribution < 1.29 is 27.4 Å². The summed E-state index contributed by atoms with van der Waals surface area (Å²) in [5, 5.41) is 3.44. The summed E-state index contributed by atoms with van der Waals surface area (Å²) in [4.78, 5) is 14.4. The molecule has 1 heterocycles. The van der Waals surface area contributed by atoms with Crippen LogP contribution >= 0.6 is 0 Å². The van der Waals surface area contributed by atoms with Crippen molar-refractivity contribution in [1.82, 2.24) is 4.90 Å². The molecule has 1 amide bonds. The van der Waals surface area contributed by atoms with Crippen LogP contribution in [0.3, 0.4) is 0 Å². The molecule has 1 unspecified atom stereocenters. The molecule has 0 saturated carbocycles. The lowest BCUT2D eigenvalue weighted by Crippen LogP contribution is -2.31. The Bertz CT molecular complexity index is 843. The zero-order valence-corrected chi connectivity index (χ0v) is 16.7. The molecule has 1 atom stereocenters. The van der Waals surface area contributed by atoms with E-state index in [0.29, 0.717) is 25.9 Å². The van der Waals surface area contributed by atoms with E-state index in [-0.39, 0.29) is 23.4 Å². The van der Waals surface area contributed by atoms with Crippen molar-refractivity contribution in [1.29, 1.82) is 0 Å². The molecular weight excluding hydrogens is 397 g/mol. The molecule has 2 aromatic rings. The second-order valence-electron chi connectivity index (χ2n) is 7.22. The number of alkyl halides is 3. The largest absolute Gasteiger partial charge is 0.493 e. The molecule has 1 N–H and O–H groups in total. The molecule has 0 aliphatic carbocycles. The molecule has 1 fully saturated rings. The predicted molar refractivity (Wildman–Crippen MR) is 108 cm³/mol. The molecule has 1 saturated heterocycles. The standard InChI is InChI=1S/C22H25F3N2O3/c1-29-20-13-16(7-9-19(20)30-15-22(23,24)25)8-10-21(28)27-12-11-18(14-27)26-17-5-3-2-4-6-17/h2-7,9,13,18,26H,8,10-12,14-15H2,1H3. The number of nitrogens with zero attached hydrogens (tertiary/aromatic N) is 1. The van der Waals surface area contributed by atoms with Crippen molar-refractivity contribution in [2.75, 3.05) is 32.1 Å². The van der Waals surface area contributed by atoms with Crippen LogP contribution in [0.2, 0.25) is 0 Å². The van der Waals surface area contributed by atoms with Crippen molar-refractivity contribution in [2.24, 2.45) is 0 Å². The van der Waals surface area contributed by atoms with Gasteiger partial charge in [0.05, 0.1) is 7.11 Å². The molecule has 30 heavy (non-hydrogen) atoms. The highest BCUT2D eigenvalue weighted by Crippen LogP contribution is 2.30. The molecule has 3 rings (SSSR count).